The number of amides is 2. The van der Waals surface area contributed by atoms with E-state index >= 15 is 0 Å². The number of aromatic nitrogens is 1. The van der Waals surface area contributed by atoms with Gasteiger partial charge in [-0.2, -0.15) is 0 Å². The second-order valence-corrected chi connectivity index (χ2v) is 6.28. The van der Waals surface area contributed by atoms with Gasteiger partial charge >= 0.3 is 0 Å². The molecule has 6 heteroatoms. The predicted molar refractivity (Wildman–Crippen MR) is 93.6 cm³/mol. The lowest BCUT2D eigenvalue weighted by Crippen LogP contribution is -2.50. The van der Waals surface area contributed by atoms with Gasteiger partial charge in [0.2, 0.25) is 0 Å². The summed E-state index contributed by atoms with van der Waals surface area (Å²) in [5.74, 6) is 0.185. The highest BCUT2D eigenvalue weighted by Crippen LogP contribution is 2.20. The lowest BCUT2D eigenvalue weighted by atomic mass is 10.2. The van der Waals surface area contributed by atoms with Crippen LogP contribution in [0.25, 0.3) is 10.9 Å². The van der Waals surface area contributed by atoms with Gasteiger partial charge in [-0.05, 0) is 30.7 Å². The van der Waals surface area contributed by atoms with Crippen LogP contribution in [0, 0.1) is 6.92 Å². The van der Waals surface area contributed by atoms with Gasteiger partial charge in [0.05, 0.1) is 6.26 Å². The molecule has 1 aliphatic heterocycles. The fraction of sp³-hybridized carbons (Fsp3) is 0.263. The van der Waals surface area contributed by atoms with Crippen LogP contribution in [-0.4, -0.2) is 52.8 Å². The maximum absolute atomic E-state index is 12.8. The average molecular weight is 337 g/mol. The number of piperazine rings is 1. The molecule has 0 saturated carbocycles. The van der Waals surface area contributed by atoms with Crippen LogP contribution < -0.4 is 0 Å². The molecular weight excluding hydrogens is 318 g/mol. The van der Waals surface area contributed by atoms with Crippen molar-refractivity contribution < 1.29 is 14.0 Å². The molecule has 0 aliphatic carbocycles. The Hall–Kier alpha value is -3.02. The van der Waals surface area contributed by atoms with Crippen molar-refractivity contribution in [3.05, 3.63) is 59.7 Å². The van der Waals surface area contributed by atoms with Crippen LogP contribution in [0.1, 0.15) is 26.6 Å². The number of aryl methyl sites for hydroxylation is 1. The zero-order chi connectivity index (χ0) is 17.4. The number of para-hydroxylation sites is 1. The third-order valence-electron chi connectivity index (χ3n) is 4.68. The number of hydrogen-bond acceptors (Lipinski definition) is 3. The molecule has 1 fully saturated rings. The summed E-state index contributed by atoms with van der Waals surface area (Å²) in [5, 5.41) is 1.04. The Bertz CT molecular complexity index is 919. The number of hydrogen-bond donors (Lipinski definition) is 1. The monoisotopic (exact) mass is 337 g/mol. The number of furan rings is 1. The van der Waals surface area contributed by atoms with E-state index in [0.717, 1.165) is 16.5 Å². The van der Waals surface area contributed by atoms with Crippen molar-refractivity contribution >= 4 is 22.7 Å². The summed E-state index contributed by atoms with van der Waals surface area (Å²) in [7, 11) is 0. The topological polar surface area (TPSA) is 69.6 Å². The first-order valence-electron chi connectivity index (χ1n) is 8.34. The minimum absolute atomic E-state index is 0.0271. The number of carbonyl (C=O) groups is 2. The number of nitrogens with one attached hydrogen (secondary N) is 1. The Morgan fingerprint density at radius 1 is 1.00 bits per heavy atom. The largest absolute Gasteiger partial charge is 0.459 e. The molecule has 3 heterocycles. The minimum Gasteiger partial charge on any atom is -0.459 e. The van der Waals surface area contributed by atoms with Gasteiger partial charge in [-0.25, -0.2) is 0 Å². The zero-order valence-electron chi connectivity index (χ0n) is 14.0. The molecule has 1 N–H and O–H groups in total. The molecule has 4 rings (SSSR count). The highest BCUT2D eigenvalue weighted by Gasteiger charge is 2.27. The molecule has 0 bridgehead atoms. The lowest BCUT2D eigenvalue weighted by Gasteiger charge is -2.34. The number of rotatable bonds is 2. The van der Waals surface area contributed by atoms with Crippen LogP contribution >= 0.6 is 0 Å². The van der Waals surface area contributed by atoms with Gasteiger partial charge in [0.15, 0.2) is 5.76 Å². The smallest absolute Gasteiger partial charge is 0.289 e. The van der Waals surface area contributed by atoms with Crippen LogP contribution in [-0.2, 0) is 0 Å². The summed E-state index contributed by atoms with van der Waals surface area (Å²) in [6, 6.07) is 11.3. The van der Waals surface area contributed by atoms with E-state index in [4.69, 9.17) is 4.42 Å². The number of benzene rings is 1. The van der Waals surface area contributed by atoms with Crippen molar-refractivity contribution in [1.82, 2.24) is 14.8 Å². The SMILES string of the molecule is Cc1cccc2cc(C(=O)N3CCN(C(=O)c4ccco4)CC3)[nH]c12. The summed E-state index contributed by atoms with van der Waals surface area (Å²) in [5.41, 5.74) is 2.71. The quantitative estimate of drug-likeness (QED) is 0.781. The lowest BCUT2D eigenvalue weighted by molar-refractivity contribution is 0.0516. The minimum atomic E-state index is -0.127. The molecule has 2 amide bonds. The van der Waals surface area contributed by atoms with E-state index in [2.05, 4.69) is 4.98 Å². The van der Waals surface area contributed by atoms with Crippen molar-refractivity contribution in [3.8, 4) is 0 Å². The molecule has 0 spiro atoms. The molecule has 3 aromatic rings. The molecule has 1 aliphatic rings. The number of carbonyl (C=O) groups excluding carboxylic acids is 2. The molecule has 0 unspecified atom stereocenters. The molecule has 128 valence electrons. The van der Waals surface area contributed by atoms with E-state index in [9.17, 15) is 9.59 Å². The predicted octanol–water partition coefficient (Wildman–Crippen LogP) is 2.67. The molecule has 0 radical (unpaired) electrons. The van der Waals surface area contributed by atoms with Crippen LogP contribution in [0.4, 0.5) is 0 Å². The second kappa shape index (κ2) is 6.12. The first-order chi connectivity index (χ1) is 12.1. The molecular formula is C19H19N3O3. The Kier molecular flexibility index (Phi) is 3.80. The van der Waals surface area contributed by atoms with Crippen molar-refractivity contribution in [2.45, 2.75) is 6.92 Å². The van der Waals surface area contributed by atoms with Gasteiger partial charge in [0.1, 0.15) is 5.69 Å². The summed E-state index contributed by atoms with van der Waals surface area (Å²) < 4.78 is 5.16. The van der Waals surface area contributed by atoms with E-state index in [1.54, 1.807) is 21.9 Å². The van der Waals surface area contributed by atoms with Gasteiger partial charge < -0.3 is 19.2 Å². The maximum atomic E-state index is 12.8. The Balaban J connectivity index is 1.45. The fourth-order valence-electron chi connectivity index (χ4n) is 3.26. The molecule has 1 aromatic carbocycles. The Labute approximate surface area is 145 Å². The molecule has 0 atom stereocenters. The number of H-pyrrole nitrogens is 1. The molecule has 6 nitrogen and oxygen atoms in total. The first kappa shape index (κ1) is 15.5. The van der Waals surface area contributed by atoms with Crippen LogP contribution in [0.15, 0.2) is 47.1 Å². The molecule has 1 saturated heterocycles. The van der Waals surface area contributed by atoms with E-state index < -0.39 is 0 Å². The average Bonchev–Trinajstić information content (AvgIpc) is 3.31. The zero-order valence-corrected chi connectivity index (χ0v) is 14.0. The van der Waals surface area contributed by atoms with Crippen LogP contribution in [0.2, 0.25) is 0 Å². The number of aromatic amines is 1. The van der Waals surface area contributed by atoms with Crippen molar-refractivity contribution in [3.63, 3.8) is 0 Å². The maximum Gasteiger partial charge on any atom is 0.289 e. The molecule has 25 heavy (non-hydrogen) atoms. The van der Waals surface area contributed by atoms with Gasteiger partial charge in [-0.1, -0.05) is 18.2 Å². The van der Waals surface area contributed by atoms with Crippen molar-refractivity contribution in [2.75, 3.05) is 26.2 Å². The highest BCUT2D eigenvalue weighted by atomic mass is 16.3. The third kappa shape index (κ3) is 2.80. The van der Waals surface area contributed by atoms with Crippen molar-refractivity contribution in [2.24, 2.45) is 0 Å². The van der Waals surface area contributed by atoms with Gasteiger partial charge in [-0.15, -0.1) is 0 Å². The Morgan fingerprint density at radius 2 is 1.72 bits per heavy atom. The van der Waals surface area contributed by atoms with Crippen LogP contribution in [0.3, 0.4) is 0 Å². The standard InChI is InChI=1S/C19H19N3O3/c1-13-4-2-5-14-12-15(20-17(13)14)18(23)21-7-9-22(10-8-21)19(24)16-6-3-11-25-16/h2-6,11-12,20H,7-10H2,1H3. The second-order valence-electron chi connectivity index (χ2n) is 6.28. The Morgan fingerprint density at radius 3 is 2.36 bits per heavy atom. The first-order valence-corrected chi connectivity index (χ1v) is 8.34. The summed E-state index contributed by atoms with van der Waals surface area (Å²) in [4.78, 5) is 31.8. The van der Waals surface area contributed by atoms with Gasteiger partial charge in [0, 0.05) is 37.1 Å². The summed E-state index contributed by atoms with van der Waals surface area (Å²) in [6.45, 7) is 4.06. The summed E-state index contributed by atoms with van der Waals surface area (Å²) >= 11 is 0. The third-order valence-corrected chi connectivity index (χ3v) is 4.68. The van der Waals surface area contributed by atoms with Crippen molar-refractivity contribution in [1.29, 1.82) is 0 Å². The normalized spacial score (nSPS) is 14.9. The van der Waals surface area contributed by atoms with E-state index in [0.29, 0.717) is 37.6 Å². The molecule has 2 aromatic heterocycles. The fourth-order valence-corrected chi connectivity index (χ4v) is 3.26. The van der Waals surface area contributed by atoms with E-state index in [-0.39, 0.29) is 11.8 Å². The number of nitrogens with zero attached hydrogens (tertiary/aromatic N) is 2. The van der Waals surface area contributed by atoms with Gasteiger partial charge in [-0.3, -0.25) is 9.59 Å². The van der Waals surface area contributed by atoms with E-state index in [1.165, 1.54) is 6.26 Å². The number of fused-ring (bicyclic) bond motifs is 1. The highest BCUT2D eigenvalue weighted by molar-refractivity contribution is 5.99. The van der Waals surface area contributed by atoms with Crippen LogP contribution in [0.5, 0.6) is 0 Å². The summed E-state index contributed by atoms with van der Waals surface area (Å²) in [6.07, 6.45) is 1.49. The van der Waals surface area contributed by atoms with Gasteiger partial charge in [0.25, 0.3) is 11.8 Å². The van der Waals surface area contributed by atoms with E-state index in [1.807, 2.05) is 31.2 Å².